The van der Waals surface area contributed by atoms with Crippen molar-refractivity contribution in [3.8, 4) is 11.4 Å². The van der Waals surface area contributed by atoms with E-state index in [1.165, 1.54) is 0 Å². The van der Waals surface area contributed by atoms with E-state index in [4.69, 9.17) is 26.0 Å². The molecule has 2 amide bonds. The lowest BCUT2D eigenvalue weighted by molar-refractivity contribution is -0.126. The van der Waals surface area contributed by atoms with E-state index in [0.717, 1.165) is 27.9 Å². The first-order valence-electron chi connectivity index (χ1n) is 13.7. The van der Waals surface area contributed by atoms with E-state index in [1.54, 1.807) is 25.3 Å². The van der Waals surface area contributed by atoms with Gasteiger partial charge in [-0.15, -0.1) is 10.2 Å². The third-order valence-electron chi connectivity index (χ3n) is 7.44. The van der Waals surface area contributed by atoms with Crippen LogP contribution < -0.4 is 20.8 Å². The molecule has 43 heavy (non-hydrogen) atoms. The summed E-state index contributed by atoms with van der Waals surface area (Å²) in [5.74, 6) is 1.09. The van der Waals surface area contributed by atoms with Gasteiger partial charge in [0.1, 0.15) is 17.6 Å². The highest BCUT2D eigenvalue weighted by Crippen LogP contribution is 2.34. The third kappa shape index (κ3) is 5.89. The summed E-state index contributed by atoms with van der Waals surface area (Å²) in [7, 11) is 0.641. The number of nitrogens with zero attached hydrogens (tertiary/aromatic N) is 4. The van der Waals surface area contributed by atoms with E-state index < -0.39 is 13.2 Å². The van der Waals surface area contributed by atoms with Crippen molar-refractivity contribution in [3.63, 3.8) is 0 Å². The molecule has 4 aromatic rings. The molecular formula is C30H28BClN6O5. The number of amides is 2. The number of hydrogen-bond acceptors (Lipinski definition) is 8. The van der Waals surface area contributed by atoms with Gasteiger partial charge in [0.25, 0.3) is 0 Å². The van der Waals surface area contributed by atoms with E-state index in [-0.39, 0.29) is 31.3 Å². The summed E-state index contributed by atoms with van der Waals surface area (Å²) in [6.07, 6.45) is -0.0592. The molecule has 218 valence electrons. The lowest BCUT2D eigenvalue weighted by Crippen LogP contribution is -2.37. The Labute approximate surface area is 253 Å². The number of aliphatic imine (C=N–C) groups is 1. The maximum atomic E-state index is 13.1. The third-order valence-corrected chi connectivity index (χ3v) is 7.69. The van der Waals surface area contributed by atoms with E-state index >= 15 is 0 Å². The Morgan fingerprint density at radius 1 is 1.09 bits per heavy atom. The van der Waals surface area contributed by atoms with Crippen LogP contribution in [-0.2, 0) is 27.4 Å². The molecule has 0 fully saturated rings. The number of hydrogen-bond donors (Lipinski definition) is 3. The lowest BCUT2D eigenvalue weighted by atomic mass is 9.79. The van der Waals surface area contributed by atoms with Crippen molar-refractivity contribution in [2.75, 3.05) is 13.7 Å². The van der Waals surface area contributed by atoms with E-state index in [1.807, 2.05) is 54.0 Å². The fourth-order valence-corrected chi connectivity index (χ4v) is 5.37. The molecule has 1 unspecified atom stereocenters. The first kappa shape index (κ1) is 28.6. The summed E-state index contributed by atoms with van der Waals surface area (Å²) >= 11 is 6.17. The van der Waals surface area contributed by atoms with Gasteiger partial charge in [-0.1, -0.05) is 41.9 Å². The number of benzene rings is 3. The average molecular weight is 599 g/mol. The summed E-state index contributed by atoms with van der Waals surface area (Å²) in [6, 6.07) is 17.8. The molecular weight excluding hydrogens is 571 g/mol. The number of carbonyl (C=O) groups is 2. The molecule has 6 rings (SSSR count). The smallest absolute Gasteiger partial charge is 0.491 e. The molecule has 1 aromatic heterocycles. The van der Waals surface area contributed by atoms with Crippen molar-refractivity contribution in [1.82, 2.24) is 25.4 Å². The second-order valence-electron chi connectivity index (χ2n) is 10.3. The van der Waals surface area contributed by atoms with Gasteiger partial charge in [0, 0.05) is 22.7 Å². The van der Waals surface area contributed by atoms with Gasteiger partial charge in [0.2, 0.25) is 11.8 Å². The van der Waals surface area contributed by atoms with Crippen molar-refractivity contribution in [2.45, 2.75) is 32.5 Å². The lowest BCUT2D eigenvalue weighted by Gasteiger charge is -2.14. The van der Waals surface area contributed by atoms with Crippen LogP contribution in [0, 0.1) is 6.92 Å². The summed E-state index contributed by atoms with van der Waals surface area (Å²) < 4.78 is 12.6. The number of aromatic nitrogens is 3. The molecule has 0 aliphatic carbocycles. The molecule has 2 aliphatic rings. The fraction of sp³-hybridized carbons (Fsp3) is 0.233. The van der Waals surface area contributed by atoms with Crippen LogP contribution in [0.5, 0.6) is 5.75 Å². The van der Waals surface area contributed by atoms with Gasteiger partial charge in [-0.05, 0) is 53.8 Å². The van der Waals surface area contributed by atoms with Gasteiger partial charge < -0.3 is 25.0 Å². The standard InChI is InChI=1S/C30H28BClN6O5/c1-17-36-37-30-25(13-27(39)34-15-28(40)33-14-18-3-4-20-16-43-31(41)24(20)11-18)35-29(19-5-7-21(32)8-6-19)23-12-22(42-2)9-10-26(23)38(17)30/h3-12,25,41H,13-16H2,1-2H3,(H,33,40)(H,34,39). The Morgan fingerprint density at radius 2 is 1.91 bits per heavy atom. The number of methoxy groups -OCH3 is 1. The molecule has 0 radical (unpaired) electrons. The van der Waals surface area contributed by atoms with E-state index in [9.17, 15) is 14.6 Å². The van der Waals surface area contributed by atoms with Gasteiger partial charge in [0.05, 0.1) is 38.1 Å². The molecule has 3 N–H and O–H groups in total. The highest BCUT2D eigenvalue weighted by atomic mass is 35.5. The second kappa shape index (κ2) is 12.0. The van der Waals surface area contributed by atoms with Gasteiger partial charge in [-0.3, -0.25) is 19.1 Å². The van der Waals surface area contributed by atoms with Crippen LogP contribution in [0.2, 0.25) is 5.02 Å². The topological polar surface area (TPSA) is 140 Å². The molecule has 3 heterocycles. The number of rotatable bonds is 8. The quantitative estimate of drug-likeness (QED) is 0.264. The zero-order chi connectivity index (χ0) is 30.1. The Morgan fingerprint density at radius 3 is 2.70 bits per heavy atom. The Kier molecular flexibility index (Phi) is 7.98. The van der Waals surface area contributed by atoms with Crippen molar-refractivity contribution in [2.24, 2.45) is 4.99 Å². The molecule has 0 spiro atoms. The van der Waals surface area contributed by atoms with Gasteiger partial charge in [0.15, 0.2) is 5.82 Å². The van der Waals surface area contributed by atoms with Crippen LogP contribution in [0.3, 0.4) is 0 Å². The molecule has 1 atom stereocenters. The summed E-state index contributed by atoms with van der Waals surface area (Å²) in [5, 5.41) is 24.7. The Hall–Kier alpha value is -4.52. The zero-order valence-electron chi connectivity index (χ0n) is 23.5. The number of halogens is 1. The van der Waals surface area contributed by atoms with Crippen molar-refractivity contribution >= 4 is 41.7 Å². The van der Waals surface area contributed by atoms with Crippen LogP contribution in [0.1, 0.15) is 46.4 Å². The minimum Gasteiger partial charge on any atom is -0.497 e. The first-order chi connectivity index (χ1) is 20.8. The van der Waals surface area contributed by atoms with Crippen LogP contribution in [-0.4, -0.2) is 58.1 Å². The number of nitrogens with one attached hydrogen (secondary N) is 2. The average Bonchev–Trinajstić information content (AvgIpc) is 3.55. The monoisotopic (exact) mass is 598 g/mol. The van der Waals surface area contributed by atoms with E-state index in [2.05, 4.69) is 20.8 Å². The largest absolute Gasteiger partial charge is 0.497 e. The van der Waals surface area contributed by atoms with Gasteiger partial charge >= 0.3 is 7.12 Å². The van der Waals surface area contributed by atoms with Crippen LogP contribution >= 0.6 is 11.6 Å². The zero-order valence-corrected chi connectivity index (χ0v) is 24.3. The summed E-state index contributed by atoms with van der Waals surface area (Å²) in [4.78, 5) is 30.7. The van der Waals surface area contributed by atoms with Gasteiger partial charge in [-0.2, -0.15) is 0 Å². The maximum absolute atomic E-state index is 13.1. The van der Waals surface area contributed by atoms with Gasteiger partial charge in [-0.25, -0.2) is 0 Å². The van der Waals surface area contributed by atoms with Crippen molar-refractivity contribution < 1.29 is 24.0 Å². The molecule has 3 aromatic carbocycles. The maximum Gasteiger partial charge on any atom is 0.491 e. The number of aryl methyl sites for hydroxylation is 1. The summed E-state index contributed by atoms with van der Waals surface area (Å²) in [6.45, 7) is 2.24. The summed E-state index contributed by atoms with van der Waals surface area (Å²) in [5.41, 5.74) is 5.49. The van der Waals surface area contributed by atoms with Crippen LogP contribution in [0.4, 0.5) is 0 Å². The highest BCUT2D eigenvalue weighted by molar-refractivity contribution is 6.61. The Bertz CT molecular complexity index is 1740. The second-order valence-corrected chi connectivity index (χ2v) is 10.7. The Balaban J connectivity index is 1.20. The molecule has 0 saturated carbocycles. The highest BCUT2D eigenvalue weighted by Gasteiger charge is 2.30. The van der Waals surface area contributed by atoms with Crippen molar-refractivity contribution in [3.05, 3.63) is 99.6 Å². The molecule has 13 heteroatoms. The predicted molar refractivity (Wildman–Crippen MR) is 161 cm³/mol. The number of carbonyl (C=O) groups excluding carboxylic acids is 2. The van der Waals surface area contributed by atoms with Crippen molar-refractivity contribution in [1.29, 1.82) is 0 Å². The first-order valence-corrected chi connectivity index (χ1v) is 14.1. The van der Waals surface area contributed by atoms with Crippen LogP contribution in [0.25, 0.3) is 5.69 Å². The number of fused-ring (bicyclic) bond motifs is 4. The van der Waals surface area contributed by atoms with Crippen LogP contribution in [0.15, 0.2) is 65.7 Å². The minimum atomic E-state index is -0.957. The van der Waals surface area contributed by atoms with E-state index in [0.29, 0.717) is 40.2 Å². The molecule has 11 nitrogen and oxygen atoms in total. The fourth-order valence-electron chi connectivity index (χ4n) is 5.24. The predicted octanol–water partition coefficient (Wildman–Crippen LogP) is 2.17. The molecule has 0 saturated heterocycles. The minimum absolute atomic E-state index is 0.0592. The number of ether oxygens (including phenoxy) is 1. The SMILES string of the molecule is COc1ccc2c(c1)C(c1ccc(Cl)cc1)=NC(CC(=O)NCC(=O)NCc1ccc3c(c1)B(O)OC3)c1nnc(C)n1-2. The molecule has 0 bridgehead atoms. The molecule has 2 aliphatic heterocycles. The normalized spacial score (nSPS) is 15.1.